The summed E-state index contributed by atoms with van der Waals surface area (Å²) in [6, 6.07) is 5.39. The van der Waals surface area contributed by atoms with E-state index in [1.54, 1.807) is 6.07 Å². The van der Waals surface area contributed by atoms with Gasteiger partial charge in [0.25, 0.3) is 0 Å². The molecule has 0 aliphatic carbocycles. The Balaban J connectivity index is 2.08. The molecule has 0 aromatic heterocycles. The van der Waals surface area contributed by atoms with E-state index in [-0.39, 0.29) is 5.82 Å². The highest BCUT2D eigenvalue weighted by molar-refractivity contribution is 5.25. The van der Waals surface area contributed by atoms with Gasteiger partial charge in [0.15, 0.2) is 0 Å². The number of rotatable bonds is 4. The number of nitrogens with one attached hydrogen (secondary N) is 1. The van der Waals surface area contributed by atoms with E-state index in [1.165, 1.54) is 5.57 Å². The van der Waals surface area contributed by atoms with Crippen molar-refractivity contribution < 1.29 is 4.39 Å². The lowest BCUT2D eigenvalue weighted by atomic mass is 10.1. The fourth-order valence-corrected chi connectivity index (χ4v) is 2.43. The highest BCUT2D eigenvalue weighted by Gasteiger charge is 2.13. The fourth-order valence-electron chi connectivity index (χ4n) is 2.43. The SMILES string of the molecule is CNCc1ccc(F)c(CN2CCC=C(C)C2)c1. The van der Waals surface area contributed by atoms with Crippen LogP contribution in [0.1, 0.15) is 24.5 Å². The van der Waals surface area contributed by atoms with Crippen LogP contribution < -0.4 is 5.32 Å². The van der Waals surface area contributed by atoms with Crippen molar-refractivity contribution in [2.24, 2.45) is 0 Å². The minimum atomic E-state index is -0.0953. The van der Waals surface area contributed by atoms with Crippen LogP contribution in [0.3, 0.4) is 0 Å². The second-order valence-corrected chi connectivity index (χ2v) is 5.01. The number of nitrogens with zero attached hydrogens (tertiary/aromatic N) is 1. The van der Waals surface area contributed by atoms with E-state index in [0.717, 1.165) is 37.2 Å². The van der Waals surface area contributed by atoms with E-state index in [4.69, 9.17) is 0 Å². The van der Waals surface area contributed by atoms with E-state index in [0.29, 0.717) is 6.54 Å². The van der Waals surface area contributed by atoms with Crippen molar-refractivity contribution in [2.45, 2.75) is 26.4 Å². The third-order valence-electron chi connectivity index (χ3n) is 3.30. The molecule has 3 heteroatoms. The highest BCUT2D eigenvalue weighted by Crippen LogP contribution is 2.16. The van der Waals surface area contributed by atoms with Crippen LogP contribution in [0.4, 0.5) is 4.39 Å². The zero-order valence-corrected chi connectivity index (χ0v) is 11.2. The third-order valence-corrected chi connectivity index (χ3v) is 3.30. The van der Waals surface area contributed by atoms with Gasteiger partial charge in [0.2, 0.25) is 0 Å². The minimum absolute atomic E-state index is 0.0953. The summed E-state index contributed by atoms with van der Waals surface area (Å²) in [5.74, 6) is -0.0953. The van der Waals surface area contributed by atoms with Gasteiger partial charge in [0, 0.05) is 31.7 Å². The van der Waals surface area contributed by atoms with Gasteiger partial charge in [-0.3, -0.25) is 4.90 Å². The molecule has 0 amide bonds. The van der Waals surface area contributed by atoms with Crippen molar-refractivity contribution in [2.75, 3.05) is 20.1 Å². The highest BCUT2D eigenvalue weighted by atomic mass is 19.1. The summed E-state index contributed by atoms with van der Waals surface area (Å²) < 4.78 is 13.8. The first kappa shape index (κ1) is 13.2. The van der Waals surface area contributed by atoms with Crippen molar-refractivity contribution in [1.29, 1.82) is 0 Å². The van der Waals surface area contributed by atoms with Gasteiger partial charge in [-0.25, -0.2) is 4.39 Å². The fraction of sp³-hybridized carbons (Fsp3) is 0.467. The zero-order chi connectivity index (χ0) is 13.0. The molecule has 0 atom stereocenters. The van der Waals surface area contributed by atoms with E-state index in [2.05, 4.69) is 23.2 Å². The first-order chi connectivity index (χ1) is 8.69. The lowest BCUT2D eigenvalue weighted by Gasteiger charge is -2.26. The quantitative estimate of drug-likeness (QED) is 0.824. The smallest absolute Gasteiger partial charge is 0.127 e. The van der Waals surface area contributed by atoms with Crippen LogP contribution in [0.2, 0.25) is 0 Å². The van der Waals surface area contributed by atoms with E-state index >= 15 is 0 Å². The van der Waals surface area contributed by atoms with Crippen LogP contribution in [0.25, 0.3) is 0 Å². The molecule has 1 N–H and O–H groups in total. The summed E-state index contributed by atoms with van der Waals surface area (Å²) in [7, 11) is 1.90. The maximum atomic E-state index is 13.8. The predicted molar refractivity (Wildman–Crippen MR) is 72.8 cm³/mol. The van der Waals surface area contributed by atoms with E-state index in [9.17, 15) is 4.39 Å². The third kappa shape index (κ3) is 3.40. The number of hydrogen-bond acceptors (Lipinski definition) is 2. The molecule has 1 aromatic carbocycles. The Morgan fingerprint density at radius 3 is 2.94 bits per heavy atom. The van der Waals surface area contributed by atoms with Gasteiger partial charge in [0.05, 0.1) is 0 Å². The average molecular weight is 248 g/mol. The lowest BCUT2D eigenvalue weighted by Crippen LogP contribution is -2.29. The van der Waals surface area contributed by atoms with Crippen LogP contribution in [-0.2, 0) is 13.1 Å². The average Bonchev–Trinajstić information content (AvgIpc) is 2.34. The Hall–Kier alpha value is -1.19. The topological polar surface area (TPSA) is 15.3 Å². The maximum absolute atomic E-state index is 13.8. The summed E-state index contributed by atoms with van der Waals surface area (Å²) in [5.41, 5.74) is 3.32. The molecular formula is C15H21FN2. The first-order valence-corrected chi connectivity index (χ1v) is 6.49. The molecule has 18 heavy (non-hydrogen) atoms. The van der Waals surface area contributed by atoms with Crippen molar-refractivity contribution >= 4 is 0 Å². The van der Waals surface area contributed by atoms with Crippen LogP contribution in [0, 0.1) is 5.82 Å². The van der Waals surface area contributed by atoms with E-state index in [1.807, 2.05) is 19.2 Å². The van der Waals surface area contributed by atoms with E-state index < -0.39 is 0 Å². The Kier molecular flexibility index (Phi) is 4.50. The predicted octanol–water partition coefficient (Wildman–Crippen LogP) is 2.70. The van der Waals surface area contributed by atoms with Crippen molar-refractivity contribution in [1.82, 2.24) is 10.2 Å². The zero-order valence-electron chi connectivity index (χ0n) is 11.2. The molecule has 0 unspecified atom stereocenters. The summed E-state index contributed by atoms with van der Waals surface area (Å²) in [4.78, 5) is 2.30. The maximum Gasteiger partial charge on any atom is 0.127 e. The standard InChI is InChI=1S/C15H21FN2/c1-12-4-3-7-18(10-12)11-14-8-13(9-17-2)5-6-15(14)16/h4-6,8,17H,3,7,9-11H2,1-2H3. The Morgan fingerprint density at radius 2 is 2.22 bits per heavy atom. The van der Waals surface area contributed by atoms with Gasteiger partial charge >= 0.3 is 0 Å². The molecule has 0 fully saturated rings. The molecule has 98 valence electrons. The van der Waals surface area contributed by atoms with Gasteiger partial charge in [-0.15, -0.1) is 0 Å². The van der Waals surface area contributed by atoms with Crippen molar-refractivity contribution in [3.05, 3.63) is 46.8 Å². The number of hydrogen-bond donors (Lipinski definition) is 1. The molecule has 2 nitrogen and oxygen atoms in total. The summed E-state index contributed by atoms with van der Waals surface area (Å²) >= 11 is 0. The number of benzene rings is 1. The molecule has 1 aromatic rings. The largest absolute Gasteiger partial charge is 0.316 e. The number of halogens is 1. The van der Waals surface area contributed by atoms with Gasteiger partial charge in [-0.1, -0.05) is 23.8 Å². The normalized spacial score (nSPS) is 16.7. The summed E-state index contributed by atoms with van der Waals surface area (Å²) in [6.45, 7) is 5.60. The molecule has 1 heterocycles. The van der Waals surface area contributed by atoms with Crippen LogP contribution in [0.15, 0.2) is 29.8 Å². The molecule has 0 radical (unpaired) electrons. The molecule has 0 saturated heterocycles. The monoisotopic (exact) mass is 248 g/mol. The van der Waals surface area contributed by atoms with Gasteiger partial charge < -0.3 is 5.32 Å². The Labute approximate surface area is 108 Å². The van der Waals surface area contributed by atoms with Crippen LogP contribution >= 0.6 is 0 Å². The molecule has 2 rings (SSSR count). The minimum Gasteiger partial charge on any atom is -0.316 e. The first-order valence-electron chi connectivity index (χ1n) is 6.49. The van der Waals surface area contributed by atoms with Crippen molar-refractivity contribution in [3.8, 4) is 0 Å². The van der Waals surface area contributed by atoms with Crippen LogP contribution in [-0.4, -0.2) is 25.0 Å². The second kappa shape index (κ2) is 6.12. The molecule has 0 bridgehead atoms. The van der Waals surface area contributed by atoms with Gasteiger partial charge in [-0.2, -0.15) is 0 Å². The molecule has 1 aliphatic rings. The van der Waals surface area contributed by atoms with Crippen LogP contribution in [0.5, 0.6) is 0 Å². The van der Waals surface area contributed by atoms with Crippen molar-refractivity contribution in [3.63, 3.8) is 0 Å². The molecule has 1 aliphatic heterocycles. The summed E-state index contributed by atoms with van der Waals surface area (Å²) in [6.07, 6.45) is 3.34. The molecular weight excluding hydrogens is 227 g/mol. The Morgan fingerprint density at radius 1 is 1.39 bits per heavy atom. The molecule has 0 saturated carbocycles. The summed E-state index contributed by atoms with van der Waals surface area (Å²) in [5, 5.41) is 3.10. The van der Waals surface area contributed by atoms with Gasteiger partial charge in [0.1, 0.15) is 5.82 Å². The Bertz CT molecular complexity index is 440. The second-order valence-electron chi connectivity index (χ2n) is 5.01. The molecule has 0 spiro atoms. The van der Waals surface area contributed by atoms with Gasteiger partial charge in [-0.05, 0) is 32.0 Å². The lowest BCUT2D eigenvalue weighted by molar-refractivity contribution is 0.278.